The van der Waals surface area contributed by atoms with Crippen LogP contribution >= 0.6 is 0 Å². The van der Waals surface area contributed by atoms with Crippen molar-refractivity contribution in [1.29, 1.82) is 0 Å². The Morgan fingerprint density at radius 1 is 1.25 bits per heavy atom. The molecule has 1 fully saturated rings. The summed E-state index contributed by atoms with van der Waals surface area (Å²) in [5, 5.41) is 3.17. The third-order valence-corrected chi connectivity index (χ3v) is 2.17. The summed E-state index contributed by atoms with van der Waals surface area (Å²) in [7, 11) is 0. The summed E-state index contributed by atoms with van der Waals surface area (Å²) in [6, 6.07) is 9.81. The Hall–Kier alpha value is -1.15. The summed E-state index contributed by atoms with van der Waals surface area (Å²) in [6.07, 6.45) is 0.666. The fourth-order valence-corrected chi connectivity index (χ4v) is 1.55. The first kappa shape index (κ1) is 7.50. The summed E-state index contributed by atoms with van der Waals surface area (Å²) in [4.78, 5) is 11.3. The highest BCUT2D eigenvalue weighted by Gasteiger charge is 2.24. The predicted octanol–water partition coefficient (Wildman–Crippen LogP) is 1.29. The van der Waals surface area contributed by atoms with E-state index in [-0.39, 0.29) is 6.04 Å². The molecule has 1 aromatic carbocycles. The lowest BCUT2D eigenvalue weighted by atomic mass is 10.1. The molecule has 1 heterocycles. The van der Waals surface area contributed by atoms with Gasteiger partial charge in [-0.3, -0.25) is 4.79 Å². The van der Waals surface area contributed by atoms with Gasteiger partial charge in [-0.05, 0) is 5.56 Å². The molecule has 1 N–H and O–H groups in total. The first-order valence-corrected chi connectivity index (χ1v) is 4.19. The quantitative estimate of drug-likeness (QED) is 0.672. The van der Waals surface area contributed by atoms with Gasteiger partial charge in [0, 0.05) is 13.0 Å². The van der Waals surface area contributed by atoms with Crippen LogP contribution in [0.15, 0.2) is 30.3 Å². The van der Waals surface area contributed by atoms with E-state index in [0.29, 0.717) is 12.2 Å². The van der Waals surface area contributed by atoms with Crippen molar-refractivity contribution in [3.05, 3.63) is 35.9 Å². The number of hydrogen-bond donors (Lipinski definition) is 1. The van der Waals surface area contributed by atoms with Crippen LogP contribution < -0.4 is 5.32 Å². The lowest BCUT2D eigenvalue weighted by molar-refractivity contribution is -0.118. The zero-order valence-corrected chi connectivity index (χ0v) is 6.79. The summed E-state index contributed by atoms with van der Waals surface area (Å²) in [5.74, 6) is 0.307. The number of carbonyl (C=O) groups is 1. The average molecular weight is 161 g/mol. The van der Waals surface area contributed by atoms with E-state index in [0.717, 1.165) is 12.1 Å². The van der Waals surface area contributed by atoms with E-state index in [2.05, 4.69) is 5.32 Å². The largest absolute Gasteiger partial charge is 0.303 e. The van der Waals surface area contributed by atoms with Crippen molar-refractivity contribution in [3.8, 4) is 0 Å². The van der Waals surface area contributed by atoms with Gasteiger partial charge in [0.15, 0.2) is 5.78 Å². The molecule has 1 aromatic rings. The summed E-state index contributed by atoms with van der Waals surface area (Å²) >= 11 is 0. The average Bonchev–Trinajstić information content (AvgIpc) is 2.53. The van der Waals surface area contributed by atoms with Crippen LogP contribution in [-0.2, 0) is 4.79 Å². The molecule has 2 nitrogen and oxygen atoms in total. The van der Waals surface area contributed by atoms with Gasteiger partial charge >= 0.3 is 0 Å². The van der Waals surface area contributed by atoms with E-state index >= 15 is 0 Å². The fraction of sp³-hybridized carbons (Fsp3) is 0.300. The molecule has 0 spiro atoms. The molecule has 0 radical (unpaired) electrons. The van der Waals surface area contributed by atoms with E-state index in [1.165, 1.54) is 0 Å². The third kappa shape index (κ3) is 1.25. The van der Waals surface area contributed by atoms with Crippen LogP contribution in [0.4, 0.5) is 0 Å². The van der Waals surface area contributed by atoms with E-state index in [1.54, 1.807) is 0 Å². The molecule has 2 rings (SSSR count). The van der Waals surface area contributed by atoms with Crippen LogP contribution in [0.3, 0.4) is 0 Å². The van der Waals surface area contributed by atoms with Gasteiger partial charge in [-0.15, -0.1) is 0 Å². The number of Topliss-reactive ketones (excluding diaryl/α,β-unsaturated/α-hetero) is 1. The van der Waals surface area contributed by atoms with Crippen molar-refractivity contribution in [2.45, 2.75) is 12.5 Å². The highest BCUT2D eigenvalue weighted by molar-refractivity contribution is 5.87. The van der Waals surface area contributed by atoms with Crippen LogP contribution in [-0.4, -0.2) is 12.3 Å². The van der Waals surface area contributed by atoms with Crippen LogP contribution in [0.25, 0.3) is 0 Å². The molecular formula is C10H11NO. The Morgan fingerprint density at radius 3 is 2.58 bits per heavy atom. The number of benzene rings is 1. The number of carbonyl (C=O) groups excluding carboxylic acids is 1. The predicted molar refractivity (Wildman–Crippen MR) is 46.8 cm³/mol. The second-order valence-electron chi connectivity index (χ2n) is 3.01. The van der Waals surface area contributed by atoms with Crippen molar-refractivity contribution in [3.63, 3.8) is 0 Å². The van der Waals surface area contributed by atoms with Crippen molar-refractivity contribution >= 4 is 5.78 Å². The topological polar surface area (TPSA) is 29.1 Å². The van der Waals surface area contributed by atoms with Crippen molar-refractivity contribution in [1.82, 2.24) is 5.32 Å². The number of rotatable bonds is 1. The molecule has 62 valence electrons. The second-order valence-corrected chi connectivity index (χ2v) is 3.01. The van der Waals surface area contributed by atoms with Crippen molar-refractivity contribution < 1.29 is 4.79 Å². The SMILES string of the molecule is O=C1CCNC1c1ccccc1. The lowest BCUT2D eigenvalue weighted by Crippen LogP contribution is -2.17. The molecule has 0 saturated carbocycles. The van der Waals surface area contributed by atoms with Gasteiger partial charge in [-0.25, -0.2) is 0 Å². The minimum Gasteiger partial charge on any atom is -0.303 e. The third-order valence-electron chi connectivity index (χ3n) is 2.17. The van der Waals surface area contributed by atoms with Gasteiger partial charge < -0.3 is 5.32 Å². The molecule has 2 heteroatoms. The maximum atomic E-state index is 11.3. The van der Waals surface area contributed by atoms with Crippen LogP contribution in [0, 0.1) is 0 Å². The molecule has 0 bridgehead atoms. The van der Waals surface area contributed by atoms with Crippen molar-refractivity contribution in [2.24, 2.45) is 0 Å². The second kappa shape index (κ2) is 3.07. The molecular weight excluding hydrogens is 150 g/mol. The number of ketones is 1. The Morgan fingerprint density at radius 2 is 2.00 bits per heavy atom. The highest BCUT2D eigenvalue weighted by atomic mass is 16.1. The minimum absolute atomic E-state index is 0.0498. The van der Waals surface area contributed by atoms with Crippen LogP contribution in [0.2, 0.25) is 0 Å². The first-order chi connectivity index (χ1) is 5.88. The maximum absolute atomic E-state index is 11.3. The van der Waals surface area contributed by atoms with Gasteiger partial charge in [0.05, 0.1) is 6.04 Å². The molecule has 1 aliphatic heterocycles. The summed E-state index contributed by atoms with van der Waals surface area (Å²) < 4.78 is 0. The standard InChI is InChI=1S/C10H11NO/c12-9-6-7-11-10(9)8-4-2-1-3-5-8/h1-5,10-11H,6-7H2. The Balaban J connectivity index is 2.25. The first-order valence-electron chi connectivity index (χ1n) is 4.19. The molecule has 1 atom stereocenters. The molecule has 1 unspecified atom stereocenters. The summed E-state index contributed by atoms with van der Waals surface area (Å²) in [6.45, 7) is 0.818. The normalized spacial score (nSPS) is 23.0. The Kier molecular flexibility index (Phi) is 1.92. The Bertz CT molecular complexity index is 281. The van der Waals surface area contributed by atoms with Gasteiger partial charge in [0.1, 0.15) is 0 Å². The molecule has 0 aliphatic carbocycles. The zero-order chi connectivity index (χ0) is 8.39. The molecule has 0 amide bonds. The van der Waals surface area contributed by atoms with Gasteiger partial charge in [0.25, 0.3) is 0 Å². The minimum atomic E-state index is -0.0498. The van der Waals surface area contributed by atoms with Crippen molar-refractivity contribution in [2.75, 3.05) is 6.54 Å². The van der Waals surface area contributed by atoms with Gasteiger partial charge in [-0.2, -0.15) is 0 Å². The van der Waals surface area contributed by atoms with Gasteiger partial charge in [-0.1, -0.05) is 30.3 Å². The maximum Gasteiger partial charge on any atom is 0.155 e. The monoisotopic (exact) mass is 161 g/mol. The smallest absolute Gasteiger partial charge is 0.155 e. The zero-order valence-electron chi connectivity index (χ0n) is 6.79. The summed E-state index contributed by atoms with van der Waals surface area (Å²) in [5.41, 5.74) is 1.08. The van der Waals surface area contributed by atoms with E-state index in [4.69, 9.17) is 0 Å². The van der Waals surface area contributed by atoms with E-state index < -0.39 is 0 Å². The highest BCUT2D eigenvalue weighted by Crippen LogP contribution is 2.18. The van der Waals surface area contributed by atoms with E-state index in [1.807, 2.05) is 30.3 Å². The molecule has 1 saturated heterocycles. The van der Waals surface area contributed by atoms with Crippen LogP contribution in [0.1, 0.15) is 18.0 Å². The molecule has 1 aliphatic rings. The number of nitrogens with one attached hydrogen (secondary N) is 1. The molecule has 12 heavy (non-hydrogen) atoms. The van der Waals surface area contributed by atoms with Crippen LogP contribution in [0.5, 0.6) is 0 Å². The molecule has 0 aromatic heterocycles. The number of hydrogen-bond acceptors (Lipinski definition) is 2. The fourth-order valence-electron chi connectivity index (χ4n) is 1.55. The van der Waals surface area contributed by atoms with Gasteiger partial charge in [0.2, 0.25) is 0 Å². The Labute approximate surface area is 71.6 Å². The lowest BCUT2D eigenvalue weighted by Gasteiger charge is -2.07. The van der Waals surface area contributed by atoms with E-state index in [9.17, 15) is 4.79 Å².